The zero-order valence-electron chi connectivity index (χ0n) is 9.80. The van der Waals surface area contributed by atoms with Gasteiger partial charge in [-0.3, -0.25) is 4.79 Å². The van der Waals surface area contributed by atoms with Crippen LogP contribution in [-0.4, -0.2) is 22.8 Å². The molecule has 0 spiro atoms. The Labute approximate surface area is 104 Å². The second-order valence-corrected chi connectivity index (χ2v) is 3.87. The first kappa shape index (κ1) is 12.3. The van der Waals surface area contributed by atoms with E-state index in [0.717, 1.165) is 11.3 Å². The maximum Gasteiger partial charge on any atom is 0.304 e. The number of aromatic nitrogens is 1. The predicted octanol–water partition coefficient (Wildman–Crippen LogP) is 1.91. The minimum Gasteiger partial charge on any atom is -0.481 e. The third kappa shape index (κ3) is 3.43. The molecule has 0 bridgehead atoms. The molecule has 0 atom stereocenters. The fourth-order valence-corrected chi connectivity index (χ4v) is 1.55. The fraction of sp³-hybridized carbons (Fsp3) is 0.231. The summed E-state index contributed by atoms with van der Waals surface area (Å²) in [4.78, 5) is 10.3. The van der Waals surface area contributed by atoms with Crippen molar-refractivity contribution in [2.24, 2.45) is 0 Å². The van der Waals surface area contributed by atoms with Crippen LogP contribution in [0.1, 0.15) is 12.2 Å². The van der Waals surface area contributed by atoms with Gasteiger partial charge in [-0.1, -0.05) is 35.5 Å². The fourth-order valence-electron chi connectivity index (χ4n) is 1.55. The van der Waals surface area contributed by atoms with Gasteiger partial charge in [0, 0.05) is 18.2 Å². The normalized spacial score (nSPS) is 10.4. The Morgan fingerprint density at radius 1 is 1.33 bits per heavy atom. The quantitative estimate of drug-likeness (QED) is 0.761. The number of nitrogens with one attached hydrogen (secondary N) is 1. The number of nitrogens with zero attached hydrogens (tertiary/aromatic N) is 1. The molecule has 0 saturated carbocycles. The van der Waals surface area contributed by atoms with Crippen LogP contribution >= 0.6 is 0 Å². The molecule has 0 radical (unpaired) electrons. The van der Waals surface area contributed by atoms with Crippen LogP contribution in [0.4, 0.5) is 0 Å². The highest BCUT2D eigenvalue weighted by Crippen LogP contribution is 2.18. The lowest BCUT2D eigenvalue weighted by Crippen LogP contribution is -2.17. The molecule has 2 N–H and O–H groups in total. The van der Waals surface area contributed by atoms with Gasteiger partial charge in [-0.2, -0.15) is 0 Å². The lowest BCUT2D eigenvalue weighted by molar-refractivity contribution is -0.136. The highest BCUT2D eigenvalue weighted by atomic mass is 16.5. The lowest BCUT2D eigenvalue weighted by atomic mass is 10.1. The summed E-state index contributed by atoms with van der Waals surface area (Å²) < 4.78 is 5.17. The van der Waals surface area contributed by atoms with Crippen LogP contribution in [0.15, 0.2) is 40.9 Å². The summed E-state index contributed by atoms with van der Waals surface area (Å²) in [6, 6.07) is 11.6. The maximum atomic E-state index is 10.3. The summed E-state index contributed by atoms with van der Waals surface area (Å²) in [5, 5.41) is 15.4. The third-order valence-electron chi connectivity index (χ3n) is 2.44. The van der Waals surface area contributed by atoms with E-state index in [9.17, 15) is 4.79 Å². The molecule has 0 aliphatic carbocycles. The molecular formula is C13H14N2O3. The topological polar surface area (TPSA) is 75.4 Å². The van der Waals surface area contributed by atoms with Crippen molar-refractivity contribution in [2.45, 2.75) is 13.0 Å². The highest BCUT2D eigenvalue weighted by molar-refractivity contribution is 5.66. The number of carbonyl (C=O) groups is 1. The molecule has 94 valence electrons. The highest BCUT2D eigenvalue weighted by Gasteiger charge is 2.05. The summed E-state index contributed by atoms with van der Waals surface area (Å²) in [5.41, 5.74) is 1.78. The van der Waals surface area contributed by atoms with Gasteiger partial charge in [0.25, 0.3) is 0 Å². The first-order valence-corrected chi connectivity index (χ1v) is 5.69. The molecule has 0 aliphatic heterocycles. The van der Waals surface area contributed by atoms with Gasteiger partial charge in [-0.25, -0.2) is 0 Å². The van der Waals surface area contributed by atoms with Crippen molar-refractivity contribution in [3.05, 3.63) is 42.2 Å². The van der Waals surface area contributed by atoms with Crippen molar-refractivity contribution in [3.8, 4) is 11.3 Å². The Morgan fingerprint density at radius 3 is 2.83 bits per heavy atom. The minimum absolute atomic E-state index is 0.0969. The summed E-state index contributed by atoms with van der Waals surface area (Å²) in [6.45, 7) is 0.893. The second kappa shape index (κ2) is 5.97. The van der Waals surface area contributed by atoms with E-state index in [4.69, 9.17) is 9.63 Å². The molecule has 5 heteroatoms. The Kier molecular flexibility index (Phi) is 4.09. The van der Waals surface area contributed by atoms with E-state index in [1.807, 2.05) is 36.4 Å². The maximum absolute atomic E-state index is 10.3. The van der Waals surface area contributed by atoms with Crippen molar-refractivity contribution in [1.82, 2.24) is 10.5 Å². The average Bonchev–Trinajstić information content (AvgIpc) is 2.84. The summed E-state index contributed by atoms with van der Waals surface area (Å²) in [5.74, 6) is -0.121. The average molecular weight is 246 g/mol. The number of hydrogen-bond acceptors (Lipinski definition) is 4. The van der Waals surface area contributed by atoms with Gasteiger partial charge in [-0.05, 0) is 0 Å². The Hall–Kier alpha value is -2.14. The zero-order valence-corrected chi connectivity index (χ0v) is 9.80. The van der Waals surface area contributed by atoms with Crippen molar-refractivity contribution in [3.63, 3.8) is 0 Å². The van der Waals surface area contributed by atoms with E-state index in [1.165, 1.54) is 0 Å². The van der Waals surface area contributed by atoms with E-state index >= 15 is 0 Å². The van der Waals surface area contributed by atoms with Gasteiger partial charge in [0.15, 0.2) is 5.76 Å². The number of rotatable bonds is 6. The van der Waals surface area contributed by atoms with E-state index < -0.39 is 5.97 Å². The van der Waals surface area contributed by atoms with E-state index in [-0.39, 0.29) is 6.42 Å². The molecule has 5 nitrogen and oxygen atoms in total. The largest absolute Gasteiger partial charge is 0.481 e. The van der Waals surface area contributed by atoms with Crippen LogP contribution < -0.4 is 5.32 Å². The third-order valence-corrected chi connectivity index (χ3v) is 2.44. The first-order valence-electron chi connectivity index (χ1n) is 5.69. The Balaban J connectivity index is 1.89. The summed E-state index contributed by atoms with van der Waals surface area (Å²) in [6.07, 6.45) is 0.0969. The number of aliphatic carboxylic acids is 1. The molecule has 18 heavy (non-hydrogen) atoms. The van der Waals surface area contributed by atoms with Crippen LogP contribution in [-0.2, 0) is 11.3 Å². The standard InChI is InChI=1S/C13H14N2O3/c16-13(17)6-7-14-9-11-8-12(15-18-11)10-4-2-1-3-5-10/h1-5,8,14H,6-7,9H2,(H,16,17). The van der Waals surface area contributed by atoms with Gasteiger partial charge >= 0.3 is 5.97 Å². The zero-order chi connectivity index (χ0) is 12.8. The van der Waals surface area contributed by atoms with Crippen molar-refractivity contribution >= 4 is 5.97 Å². The molecule has 2 aromatic rings. The molecule has 0 amide bonds. The van der Waals surface area contributed by atoms with Crippen LogP contribution in [0.25, 0.3) is 11.3 Å². The molecule has 0 fully saturated rings. The van der Waals surface area contributed by atoms with Gasteiger partial charge < -0.3 is 14.9 Å². The van der Waals surface area contributed by atoms with Crippen molar-refractivity contribution in [2.75, 3.05) is 6.54 Å². The van der Waals surface area contributed by atoms with Crippen LogP contribution in [0.3, 0.4) is 0 Å². The van der Waals surface area contributed by atoms with Crippen LogP contribution in [0.5, 0.6) is 0 Å². The molecule has 0 saturated heterocycles. The Morgan fingerprint density at radius 2 is 2.11 bits per heavy atom. The number of benzene rings is 1. The minimum atomic E-state index is -0.815. The first-order chi connectivity index (χ1) is 8.75. The van der Waals surface area contributed by atoms with Gasteiger partial charge in [0.1, 0.15) is 5.69 Å². The van der Waals surface area contributed by atoms with Gasteiger partial charge in [0.05, 0.1) is 13.0 Å². The lowest BCUT2D eigenvalue weighted by Gasteiger charge is -1.97. The molecule has 1 aromatic carbocycles. The molecular weight excluding hydrogens is 232 g/mol. The second-order valence-electron chi connectivity index (χ2n) is 3.87. The van der Waals surface area contributed by atoms with Gasteiger partial charge in [-0.15, -0.1) is 0 Å². The molecule has 2 rings (SSSR count). The Bertz CT molecular complexity index is 508. The van der Waals surface area contributed by atoms with Crippen LogP contribution in [0, 0.1) is 0 Å². The van der Waals surface area contributed by atoms with E-state index in [0.29, 0.717) is 18.8 Å². The number of carboxylic acid groups (broad SMARTS) is 1. The molecule has 1 heterocycles. The molecule has 0 aliphatic rings. The summed E-state index contributed by atoms with van der Waals surface area (Å²) in [7, 11) is 0. The SMILES string of the molecule is O=C(O)CCNCc1cc(-c2ccccc2)no1. The molecule has 0 unspecified atom stereocenters. The number of carboxylic acids is 1. The van der Waals surface area contributed by atoms with Crippen LogP contribution in [0.2, 0.25) is 0 Å². The number of hydrogen-bond donors (Lipinski definition) is 2. The van der Waals surface area contributed by atoms with Crippen molar-refractivity contribution < 1.29 is 14.4 Å². The molecule has 1 aromatic heterocycles. The van der Waals surface area contributed by atoms with E-state index in [2.05, 4.69) is 10.5 Å². The predicted molar refractivity (Wildman–Crippen MR) is 65.9 cm³/mol. The van der Waals surface area contributed by atoms with E-state index in [1.54, 1.807) is 0 Å². The summed E-state index contributed by atoms with van der Waals surface area (Å²) >= 11 is 0. The monoisotopic (exact) mass is 246 g/mol. The smallest absolute Gasteiger partial charge is 0.304 e. The van der Waals surface area contributed by atoms with Crippen molar-refractivity contribution in [1.29, 1.82) is 0 Å². The van der Waals surface area contributed by atoms with Gasteiger partial charge in [0.2, 0.25) is 0 Å².